The van der Waals surface area contributed by atoms with Crippen molar-refractivity contribution in [1.29, 1.82) is 0 Å². The Morgan fingerprint density at radius 2 is 1.84 bits per heavy atom. The molecule has 4 rings (SSSR count). The second-order valence-corrected chi connectivity index (χ2v) is 8.01. The van der Waals surface area contributed by atoms with Crippen LogP contribution >= 0.6 is 0 Å². The van der Waals surface area contributed by atoms with Crippen LogP contribution in [0.15, 0.2) is 0 Å². The van der Waals surface area contributed by atoms with Crippen LogP contribution in [-0.4, -0.2) is 70.3 Å². The molecule has 1 aromatic heterocycles. The van der Waals surface area contributed by atoms with Crippen LogP contribution < -0.4 is 0 Å². The lowest BCUT2D eigenvalue weighted by atomic mass is 9.96. The molecule has 3 aliphatic rings. The summed E-state index contributed by atoms with van der Waals surface area (Å²) in [6.07, 6.45) is 8.30. The van der Waals surface area contributed by atoms with Crippen molar-refractivity contribution in [3.05, 3.63) is 17.0 Å². The monoisotopic (exact) mass is 346 g/mol. The molecule has 2 fully saturated rings. The van der Waals surface area contributed by atoms with Crippen molar-refractivity contribution < 1.29 is 9.90 Å². The topological polar surface area (TPSA) is 72.5 Å². The van der Waals surface area contributed by atoms with E-state index in [1.165, 1.54) is 25.7 Å². The average molecular weight is 346 g/mol. The Morgan fingerprint density at radius 1 is 1.08 bits per heavy atom. The van der Waals surface area contributed by atoms with Gasteiger partial charge in [-0.3, -0.25) is 9.89 Å². The van der Waals surface area contributed by atoms with Crippen LogP contribution in [-0.2, 0) is 12.8 Å². The van der Waals surface area contributed by atoms with Crippen molar-refractivity contribution >= 4 is 5.91 Å². The van der Waals surface area contributed by atoms with Gasteiger partial charge in [-0.15, -0.1) is 0 Å². The highest BCUT2D eigenvalue weighted by atomic mass is 16.3. The number of carbonyl (C=O) groups excluding carboxylic acids is 1. The van der Waals surface area contributed by atoms with E-state index in [0.717, 1.165) is 56.7 Å². The molecular weight excluding hydrogens is 316 g/mol. The normalized spacial score (nSPS) is 27.5. The molecule has 6 nitrogen and oxygen atoms in total. The smallest absolute Gasteiger partial charge is 0.274 e. The Bertz CT molecular complexity index is 607. The van der Waals surface area contributed by atoms with Gasteiger partial charge in [-0.05, 0) is 51.1 Å². The van der Waals surface area contributed by atoms with E-state index < -0.39 is 0 Å². The lowest BCUT2D eigenvalue weighted by Gasteiger charge is -2.26. The number of aromatic amines is 1. The lowest BCUT2D eigenvalue weighted by Crippen LogP contribution is -2.35. The van der Waals surface area contributed by atoms with Crippen LogP contribution in [0.2, 0.25) is 0 Å². The van der Waals surface area contributed by atoms with Gasteiger partial charge >= 0.3 is 0 Å². The van der Waals surface area contributed by atoms with E-state index in [-0.39, 0.29) is 18.4 Å². The maximum Gasteiger partial charge on any atom is 0.274 e. The van der Waals surface area contributed by atoms with Gasteiger partial charge < -0.3 is 14.9 Å². The third kappa shape index (κ3) is 3.47. The fourth-order valence-electron chi connectivity index (χ4n) is 4.81. The summed E-state index contributed by atoms with van der Waals surface area (Å²) in [6, 6.07) is 0. The highest BCUT2D eigenvalue weighted by Crippen LogP contribution is 2.29. The van der Waals surface area contributed by atoms with Crippen LogP contribution in [0, 0.1) is 11.8 Å². The summed E-state index contributed by atoms with van der Waals surface area (Å²) < 4.78 is 0. The van der Waals surface area contributed by atoms with E-state index in [9.17, 15) is 9.90 Å². The van der Waals surface area contributed by atoms with Gasteiger partial charge in [0.1, 0.15) is 0 Å². The highest BCUT2D eigenvalue weighted by molar-refractivity contribution is 5.94. The molecule has 0 aromatic carbocycles. The summed E-state index contributed by atoms with van der Waals surface area (Å²) in [7, 11) is 0. The number of rotatable bonds is 4. The fraction of sp³-hybridized carbons (Fsp3) is 0.789. The van der Waals surface area contributed by atoms with Crippen LogP contribution in [0.1, 0.15) is 53.8 Å². The molecule has 2 N–H and O–H groups in total. The molecular formula is C19H30N4O2. The molecule has 2 saturated heterocycles. The maximum atomic E-state index is 13.0. The van der Waals surface area contributed by atoms with E-state index in [2.05, 4.69) is 15.1 Å². The van der Waals surface area contributed by atoms with Crippen molar-refractivity contribution in [3.8, 4) is 0 Å². The largest absolute Gasteiger partial charge is 0.396 e. The Kier molecular flexibility index (Phi) is 5.08. The number of aliphatic hydroxyl groups excluding tert-OH is 1. The minimum absolute atomic E-state index is 0.0521. The highest BCUT2D eigenvalue weighted by Gasteiger charge is 2.38. The van der Waals surface area contributed by atoms with E-state index in [4.69, 9.17) is 0 Å². The third-order valence-corrected chi connectivity index (χ3v) is 6.30. The quantitative estimate of drug-likeness (QED) is 0.866. The van der Waals surface area contributed by atoms with Gasteiger partial charge in [0.2, 0.25) is 0 Å². The molecule has 3 heterocycles. The molecule has 2 atom stereocenters. The minimum Gasteiger partial charge on any atom is -0.396 e. The second-order valence-electron chi connectivity index (χ2n) is 8.01. The van der Waals surface area contributed by atoms with Crippen LogP contribution in [0.25, 0.3) is 0 Å². The third-order valence-electron chi connectivity index (χ3n) is 6.30. The number of hydrogen-bond donors (Lipinski definition) is 2. The van der Waals surface area contributed by atoms with Crippen molar-refractivity contribution in [2.24, 2.45) is 11.8 Å². The number of aliphatic hydroxyl groups is 1. The number of hydrogen-bond acceptors (Lipinski definition) is 4. The molecule has 0 saturated carbocycles. The van der Waals surface area contributed by atoms with Crippen LogP contribution in [0.3, 0.4) is 0 Å². The standard InChI is InChI=1S/C19H30N4O2/c24-13-15-12-23(11-14(15)10-22-8-3-1-2-4-9-22)19(25)18-16-6-5-7-17(16)20-21-18/h14-15,24H,1-13H2,(H,20,21). The first kappa shape index (κ1) is 17.0. The molecule has 0 bridgehead atoms. The zero-order valence-corrected chi connectivity index (χ0v) is 15.0. The first-order valence-corrected chi connectivity index (χ1v) is 9.95. The molecule has 138 valence electrons. The second kappa shape index (κ2) is 7.46. The number of likely N-dealkylation sites (tertiary alicyclic amines) is 2. The van der Waals surface area contributed by atoms with E-state index >= 15 is 0 Å². The van der Waals surface area contributed by atoms with Crippen LogP contribution in [0.4, 0.5) is 0 Å². The number of H-pyrrole nitrogens is 1. The number of nitrogens with zero attached hydrogens (tertiary/aromatic N) is 3. The zero-order chi connectivity index (χ0) is 17.2. The molecule has 25 heavy (non-hydrogen) atoms. The van der Waals surface area contributed by atoms with Gasteiger partial charge in [-0.25, -0.2) is 0 Å². The number of aromatic nitrogens is 2. The minimum atomic E-state index is 0.0521. The van der Waals surface area contributed by atoms with E-state index in [0.29, 0.717) is 18.2 Å². The van der Waals surface area contributed by atoms with Gasteiger partial charge in [0, 0.05) is 43.4 Å². The first-order chi connectivity index (χ1) is 12.3. The molecule has 2 aliphatic heterocycles. The predicted octanol–water partition coefficient (Wildman–Crippen LogP) is 1.45. The Balaban J connectivity index is 1.42. The Morgan fingerprint density at radius 3 is 2.60 bits per heavy atom. The molecule has 6 heteroatoms. The number of amides is 1. The number of nitrogens with one attached hydrogen (secondary N) is 1. The van der Waals surface area contributed by atoms with E-state index in [1.807, 2.05) is 4.90 Å². The van der Waals surface area contributed by atoms with E-state index in [1.54, 1.807) is 0 Å². The Labute approximate surface area is 149 Å². The van der Waals surface area contributed by atoms with Crippen LogP contribution in [0.5, 0.6) is 0 Å². The number of fused-ring (bicyclic) bond motifs is 1. The summed E-state index contributed by atoms with van der Waals surface area (Å²) >= 11 is 0. The SMILES string of the molecule is O=C(c1n[nH]c2c1CCC2)N1CC(CO)C(CN2CCCCCC2)C1. The molecule has 1 amide bonds. The van der Waals surface area contributed by atoms with Gasteiger partial charge in [0.05, 0.1) is 0 Å². The summed E-state index contributed by atoms with van der Waals surface area (Å²) in [5.41, 5.74) is 2.89. The molecule has 1 aromatic rings. The van der Waals surface area contributed by atoms with Crippen molar-refractivity contribution in [2.45, 2.75) is 44.9 Å². The van der Waals surface area contributed by atoms with Gasteiger partial charge in [-0.2, -0.15) is 5.10 Å². The average Bonchev–Trinajstić information content (AvgIpc) is 3.27. The molecule has 0 spiro atoms. The van der Waals surface area contributed by atoms with Gasteiger partial charge in [-0.1, -0.05) is 12.8 Å². The van der Waals surface area contributed by atoms with Crippen molar-refractivity contribution in [3.63, 3.8) is 0 Å². The first-order valence-electron chi connectivity index (χ1n) is 9.95. The Hall–Kier alpha value is -1.40. The maximum absolute atomic E-state index is 13.0. The molecule has 2 unspecified atom stereocenters. The number of carbonyl (C=O) groups is 1. The summed E-state index contributed by atoms with van der Waals surface area (Å²) in [4.78, 5) is 17.4. The molecule has 0 radical (unpaired) electrons. The van der Waals surface area contributed by atoms with Gasteiger partial charge in [0.25, 0.3) is 5.91 Å². The number of aryl methyl sites for hydroxylation is 1. The summed E-state index contributed by atoms with van der Waals surface area (Å²) in [5.74, 6) is 0.620. The fourth-order valence-corrected chi connectivity index (χ4v) is 4.81. The lowest BCUT2D eigenvalue weighted by molar-refractivity contribution is 0.0772. The summed E-state index contributed by atoms with van der Waals surface area (Å²) in [6.45, 7) is 4.91. The molecule has 1 aliphatic carbocycles. The van der Waals surface area contributed by atoms with Crippen molar-refractivity contribution in [2.75, 3.05) is 39.3 Å². The zero-order valence-electron chi connectivity index (χ0n) is 15.0. The predicted molar refractivity (Wildman–Crippen MR) is 95.5 cm³/mol. The summed E-state index contributed by atoms with van der Waals surface area (Å²) in [5, 5.41) is 17.2. The van der Waals surface area contributed by atoms with Gasteiger partial charge in [0.15, 0.2) is 5.69 Å². The van der Waals surface area contributed by atoms with Crippen molar-refractivity contribution in [1.82, 2.24) is 20.0 Å².